The third kappa shape index (κ3) is 2.70. The molecular weight excluding hydrogens is 279 g/mol. The van der Waals surface area contributed by atoms with Crippen LogP contribution in [0.25, 0.3) is 0 Å². The van der Waals surface area contributed by atoms with Crippen molar-refractivity contribution in [3.05, 3.63) is 52.9 Å². The van der Waals surface area contributed by atoms with Crippen LogP contribution in [-0.2, 0) is 0 Å². The molecule has 20 heavy (non-hydrogen) atoms. The first-order valence-electron chi connectivity index (χ1n) is 6.54. The van der Waals surface area contributed by atoms with Crippen molar-refractivity contribution in [3.63, 3.8) is 0 Å². The van der Waals surface area contributed by atoms with E-state index in [0.29, 0.717) is 23.2 Å². The Labute approximate surface area is 121 Å². The van der Waals surface area contributed by atoms with Crippen LogP contribution >= 0.6 is 11.6 Å². The number of hydrogen-bond donors (Lipinski definition) is 1. The van der Waals surface area contributed by atoms with E-state index in [9.17, 15) is 4.39 Å². The van der Waals surface area contributed by atoms with Crippen molar-refractivity contribution in [1.29, 1.82) is 0 Å². The maximum Gasteiger partial charge on any atom is 0.214 e. The quantitative estimate of drug-likeness (QED) is 0.842. The summed E-state index contributed by atoms with van der Waals surface area (Å²) in [5.74, 6) is 0.731. The van der Waals surface area contributed by atoms with Crippen LogP contribution in [0.15, 0.2) is 36.4 Å². The Balaban J connectivity index is 1.92. The van der Waals surface area contributed by atoms with E-state index in [-0.39, 0.29) is 6.04 Å². The van der Waals surface area contributed by atoms with Gasteiger partial charge in [-0.15, -0.1) is 0 Å². The molecule has 2 heterocycles. The Bertz CT molecular complexity index is 621. The van der Waals surface area contributed by atoms with Crippen molar-refractivity contribution in [2.45, 2.75) is 18.9 Å². The van der Waals surface area contributed by atoms with Gasteiger partial charge in [0, 0.05) is 5.56 Å². The van der Waals surface area contributed by atoms with Crippen molar-refractivity contribution >= 4 is 17.4 Å². The van der Waals surface area contributed by atoms with Crippen LogP contribution in [0.4, 0.5) is 10.2 Å². The molecule has 0 saturated heterocycles. The maximum atomic E-state index is 13.2. The fraction of sp³-hybridized carbons (Fsp3) is 0.267. The van der Waals surface area contributed by atoms with Gasteiger partial charge in [0.2, 0.25) is 5.95 Å². The lowest BCUT2D eigenvalue weighted by Gasteiger charge is -2.19. The summed E-state index contributed by atoms with van der Waals surface area (Å²) in [6.07, 6.45) is 1.78. The van der Waals surface area contributed by atoms with Crippen molar-refractivity contribution in [3.8, 4) is 5.75 Å². The molecule has 1 N–H and O–H groups in total. The predicted octanol–water partition coefficient (Wildman–Crippen LogP) is 4.20. The van der Waals surface area contributed by atoms with E-state index in [0.717, 1.165) is 18.4 Å². The van der Waals surface area contributed by atoms with Crippen molar-refractivity contribution in [1.82, 2.24) is 4.98 Å². The number of fused-ring (bicyclic) bond motifs is 1. The fourth-order valence-electron chi connectivity index (χ4n) is 2.39. The molecule has 2 aromatic rings. The second-order valence-electron chi connectivity index (χ2n) is 4.69. The largest absolute Gasteiger partial charge is 0.492 e. The highest BCUT2D eigenvalue weighted by molar-refractivity contribution is 6.32. The number of benzene rings is 1. The first-order valence-corrected chi connectivity index (χ1v) is 6.92. The second-order valence-corrected chi connectivity index (χ2v) is 5.10. The van der Waals surface area contributed by atoms with Crippen LogP contribution in [-0.4, -0.2) is 11.6 Å². The zero-order valence-electron chi connectivity index (χ0n) is 10.8. The smallest absolute Gasteiger partial charge is 0.214 e. The number of ether oxygens (including phenoxy) is 1. The average Bonchev–Trinajstić information content (AvgIpc) is 2.63. The first kappa shape index (κ1) is 13.2. The number of para-hydroxylation sites is 1. The molecule has 5 heteroatoms. The predicted molar refractivity (Wildman–Crippen MR) is 76.7 cm³/mol. The lowest BCUT2D eigenvalue weighted by atomic mass is 10.0. The average molecular weight is 293 g/mol. The number of rotatable bonds is 2. The summed E-state index contributed by atoms with van der Waals surface area (Å²) in [6.45, 7) is 0.630. The van der Waals surface area contributed by atoms with Gasteiger partial charge in [-0.2, -0.15) is 4.39 Å². The molecule has 0 bridgehead atoms. The topological polar surface area (TPSA) is 34.1 Å². The third-order valence-electron chi connectivity index (χ3n) is 3.29. The van der Waals surface area contributed by atoms with E-state index in [2.05, 4.69) is 10.3 Å². The second kappa shape index (κ2) is 5.67. The zero-order chi connectivity index (χ0) is 13.9. The molecule has 0 spiro atoms. The number of nitrogens with one attached hydrogen (secondary N) is 1. The molecule has 3 nitrogen and oxygen atoms in total. The molecule has 0 aliphatic carbocycles. The standard InChI is InChI=1S/C15H14ClFN2O/c16-11-5-1-4-10-12(6-3-9-20-15(10)11)18-14-8-2-7-13(17)19-14/h1-2,4-5,7-8,12H,3,6,9H2,(H,18,19). The summed E-state index contributed by atoms with van der Waals surface area (Å²) in [5, 5.41) is 3.86. The Morgan fingerprint density at radius 1 is 1.25 bits per heavy atom. The van der Waals surface area contributed by atoms with Gasteiger partial charge in [-0.05, 0) is 31.0 Å². The van der Waals surface area contributed by atoms with Gasteiger partial charge in [0.05, 0.1) is 17.7 Å². The molecule has 1 aliphatic rings. The van der Waals surface area contributed by atoms with Crippen LogP contribution in [0.3, 0.4) is 0 Å². The highest BCUT2D eigenvalue weighted by Crippen LogP contribution is 2.38. The number of aromatic nitrogens is 1. The van der Waals surface area contributed by atoms with Gasteiger partial charge in [0.1, 0.15) is 11.6 Å². The molecule has 0 saturated carbocycles. The van der Waals surface area contributed by atoms with E-state index in [4.69, 9.17) is 16.3 Å². The monoisotopic (exact) mass is 292 g/mol. The molecule has 0 radical (unpaired) electrons. The van der Waals surface area contributed by atoms with E-state index in [1.165, 1.54) is 6.07 Å². The van der Waals surface area contributed by atoms with Crippen LogP contribution in [0, 0.1) is 5.95 Å². The van der Waals surface area contributed by atoms with Crippen LogP contribution < -0.4 is 10.1 Å². The Hall–Kier alpha value is -1.81. The fourth-order valence-corrected chi connectivity index (χ4v) is 2.62. The Morgan fingerprint density at radius 2 is 2.10 bits per heavy atom. The van der Waals surface area contributed by atoms with Crippen LogP contribution in [0.5, 0.6) is 5.75 Å². The molecule has 0 amide bonds. The molecule has 0 fully saturated rings. The molecule has 104 valence electrons. The Morgan fingerprint density at radius 3 is 2.95 bits per heavy atom. The molecule has 1 atom stereocenters. The van der Waals surface area contributed by atoms with Gasteiger partial charge < -0.3 is 10.1 Å². The van der Waals surface area contributed by atoms with Gasteiger partial charge in [0.15, 0.2) is 0 Å². The minimum atomic E-state index is -0.494. The summed E-state index contributed by atoms with van der Waals surface area (Å²) in [6, 6.07) is 10.4. The number of pyridine rings is 1. The highest BCUT2D eigenvalue weighted by Gasteiger charge is 2.21. The van der Waals surface area contributed by atoms with Gasteiger partial charge >= 0.3 is 0 Å². The van der Waals surface area contributed by atoms with E-state index >= 15 is 0 Å². The summed E-state index contributed by atoms with van der Waals surface area (Å²) in [7, 11) is 0. The third-order valence-corrected chi connectivity index (χ3v) is 3.59. The van der Waals surface area contributed by atoms with E-state index in [1.807, 2.05) is 18.2 Å². The van der Waals surface area contributed by atoms with Crippen molar-refractivity contribution in [2.24, 2.45) is 0 Å². The summed E-state index contributed by atoms with van der Waals surface area (Å²) >= 11 is 6.18. The summed E-state index contributed by atoms with van der Waals surface area (Å²) < 4.78 is 18.9. The van der Waals surface area contributed by atoms with E-state index < -0.39 is 5.95 Å². The summed E-state index contributed by atoms with van der Waals surface area (Å²) in [5.41, 5.74) is 0.987. The molecule has 1 aromatic carbocycles. The number of hydrogen-bond acceptors (Lipinski definition) is 3. The number of anilines is 1. The van der Waals surface area contributed by atoms with Gasteiger partial charge in [-0.1, -0.05) is 29.8 Å². The normalized spacial score (nSPS) is 17.8. The van der Waals surface area contributed by atoms with Gasteiger partial charge in [-0.25, -0.2) is 4.98 Å². The van der Waals surface area contributed by atoms with Crippen LogP contribution in [0.1, 0.15) is 24.4 Å². The Kier molecular flexibility index (Phi) is 3.74. The molecular formula is C15H14ClFN2O. The van der Waals surface area contributed by atoms with Crippen molar-refractivity contribution in [2.75, 3.05) is 11.9 Å². The molecule has 1 aromatic heterocycles. The van der Waals surface area contributed by atoms with Gasteiger partial charge in [0.25, 0.3) is 0 Å². The molecule has 3 rings (SSSR count). The molecule has 1 unspecified atom stereocenters. The summed E-state index contributed by atoms with van der Waals surface area (Å²) in [4.78, 5) is 3.84. The lowest BCUT2D eigenvalue weighted by molar-refractivity contribution is 0.316. The molecule has 1 aliphatic heterocycles. The van der Waals surface area contributed by atoms with E-state index in [1.54, 1.807) is 12.1 Å². The highest BCUT2D eigenvalue weighted by atomic mass is 35.5. The van der Waals surface area contributed by atoms with Crippen LogP contribution in [0.2, 0.25) is 5.02 Å². The van der Waals surface area contributed by atoms with Crippen molar-refractivity contribution < 1.29 is 9.13 Å². The minimum Gasteiger partial charge on any atom is -0.492 e. The zero-order valence-corrected chi connectivity index (χ0v) is 11.5. The van der Waals surface area contributed by atoms with Gasteiger partial charge in [-0.3, -0.25) is 0 Å². The maximum absolute atomic E-state index is 13.2. The SMILES string of the molecule is Fc1cccc(NC2CCCOc3c(Cl)cccc32)n1. The minimum absolute atomic E-state index is 0.0144. The first-order chi connectivity index (χ1) is 9.74. The number of nitrogens with zero attached hydrogens (tertiary/aromatic N) is 1. The number of halogens is 2. The lowest BCUT2D eigenvalue weighted by Crippen LogP contribution is -2.11.